The predicted octanol–water partition coefficient (Wildman–Crippen LogP) is 6.00. The van der Waals surface area contributed by atoms with Crippen molar-refractivity contribution in [2.75, 3.05) is 0 Å². The van der Waals surface area contributed by atoms with E-state index in [1.807, 2.05) is 39.8 Å². The lowest BCUT2D eigenvalue weighted by Gasteiger charge is -2.19. The van der Waals surface area contributed by atoms with Crippen molar-refractivity contribution in [1.29, 1.82) is 0 Å². The number of pyridine rings is 1. The molecule has 0 radical (unpaired) electrons. The number of nitrogens with one attached hydrogen (secondary N) is 1. The van der Waals surface area contributed by atoms with Gasteiger partial charge in [-0.05, 0) is 86.2 Å². The summed E-state index contributed by atoms with van der Waals surface area (Å²) in [6.45, 7) is 7.64. The molecule has 0 fully saturated rings. The van der Waals surface area contributed by atoms with Gasteiger partial charge in [0.1, 0.15) is 17.1 Å². The summed E-state index contributed by atoms with van der Waals surface area (Å²) in [6.07, 6.45) is 2.58. The average Bonchev–Trinajstić information content (AvgIpc) is 3.16. The van der Waals surface area contributed by atoms with E-state index in [2.05, 4.69) is 32.9 Å². The highest BCUT2D eigenvalue weighted by Gasteiger charge is 2.23. The maximum absolute atomic E-state index is 13.3. The molecule has 4 rings (SSSR count). The third-order valence-electron chi connectivity index (χ3n) is 5.14. The Morgan fingerprint density at radius 2 is 1.72 bits per heavy atom. The summed E-state index contributed by atoms with van der Waals surface area (Å²) < 4.78 is 39.8. The number of nitrogens with zero attached hydrogens (tertiary/aromatic N) is 2. The number of hydrogen-bond acceptors (Lipinski definition) is 6. The van der Waals surface area contributed by atoms with Gasteiger partial charge in [-0.3, -0.25) is 0 Å². The normalized spacial score (nSPS) is 11.9. The first kappa shape index (κ1) is 26.0. The second-order valence-corrected chi connectivity index (χ2v) is 12.2. The summed E-state index contributed by atoms with van der Waals surface area (Å²) in [6, 6.07) is 15.6. The van der Waals surface area contributed by atoms with E-state index in [9.17, 15) is 13.2 Å². The van der Waals surface area contributed by atoms with Crippen molar-refractivity contribution in [3.05, 3.63) is 81.7 Å². The van der Waals surface area contributed by atoms with Crippen molar-refractivity contribution in [3.63, 3.8) is 0 Å². The van der Waals surface area contributed by atoms with Crippen LogP contribution < -0.4 is 10.1 Å². The Bertz CT molecular complexity index is 1510. The fraction of sp³-hybridized carbons (Fsp3) is 0.231. The number of rotatable bonds is 6. The number of ether oxygens (including phenoxy) is 2. The van der Waals surface area contributed by atoms with Crippen molar-refractivity contribution in [3.8, 4) is 11.5 Å². The molecule has 1 N–H and O–H groups in total. The lowest BCUT2D eigenvalue weighted by atomic mass is 10.2. The molecule has 0 atom stereocenters. The van der Waals surface area contributed by atoms with Gasteiger partial charge in [0, 0.05) is 22.5 Å². The Balaban J connectivity index is 1.56. The van der Waals surface area contributed by atoms with Gasteiger partial charge < -0.3 is 14.8 Å². The summed E-state index contributed by atoms with van der Waals surface area (Å²) in [5.74, 6) is 1.05. The highest BCUT2D eigenvalue weighted by Crippen LogP contribution is 2.35. The quantitative estimate of drug-likeness (QED) is 0.266. The maximum atomic E-state index is 13.3. The lowest BCUT2D eigenvalue weighted by molar-refractivity contribution is 0.0523. The van der Waals surface area contributed by atoms with E-state index in [0.717, 1.165) is 11.1 Å². The number of hydrogen-bond donors (Lipinski definition) is 1. The van der Waals surface area contributed by atoms with Crippen LogP contribution in [-0.2, 0) is 21.3 Å². The molecule has 2 heterocycles. The second kappa shape index (κ2) is 10.1. The minimum Gasteiger partial charge on any atom is -0.457 e. The van der Waals surface area contributed by atoms with Crippen LogP contribution in [0.25, 0.3) is 11.0 Å². The minimum absolute atomic E-state index is 0.185. The Kier molecular flexibility index (Phi) is 7.28. The molecule has 4 aromatic rings. The molecule has 10 heteroatoms. The van der Waals surface area contributed by atoms with Crippen LogP contribution in [0, 0.1) is 10.5 Å². The molecule has 2 aromatic carbocycles. The largest absolute Gasteiger partial charge is 0.457 e. The summed E-state index contributed by atoms with van der Waals surface area (Å²) >= 11 is 2.09. The van der Waals surface area contributed by atoms with Crippen LogP contribution in [0.5, 0.6) is 11.5 Å². The molecule has 36 heavy (non-hydrogen) atoms. The Labute approximate surface area is 223 Å². The van der Waals surface area contributed by atoms with Gasteiger partial charge >= 0.3 is 6.09 Å². The monoisotopic (exact) mass is 619 g/mol. The molecule has 0 unspecified atom stereocenters. The molecule has 0 saturated heterocycles. The number of fused-ring (bicyclic) bond motifs is 1. The van der Waals surface area contributed by atoms with Crippen LogP contribution in [0.15, 0.2) is 71.9 Å². The first-order chi connectivity index (χ1) is 16.9. The molecule has 0 spiro atoms. The average molecular weight is 619 g/mol. The molecule has 0 aliphatic rings. The van der Waals surface area contributed by atoms with Crippen molar-refractivity contribution in [2.45, 2.75) is 44.7 Å². The molecule has 0 aliphatic carbocycles. The molecular weight excluding hydrogens is 593 g/mol. The summed E-state index contributed by atoms with van der Waals surface area (Å²) in [4.78, 5) is 16.4. The molecule has 0 aliphatic heterocycles. The second-order valence-electron chi connectivity index (χ2n) is 9.20. The van der Waals surface area contributed by atoms with Crippen LogP contribution >= 0.6 is 22.6 Å². The molecule has 8 nitrogen and oxygen atoms in total. The molecular formula is C26H26IN3O5S. The summed E-state index contributed by atoms with van der Waals surface area (Å²) in [5, 5.41) is 3.32. The number of alkyl carbamates (subject to hydrolysis) is 1. The van der Waals surface area contributed by atoms with Crippen molar-refractivity contribution < 1.29 is 22.7 Å². The Hall–Kier alpha value is -3.12. The van der Waals surface area contributed by atoms with Gasteiger partial charge in [0.2, 0.25) is 0 Å². The summed E-state index contributed by atoms with van der Waals surface area (Å²) in [5.41, 5.74) is 1.57. The first-order valence-electron chi connectivity index (χ1n) is 11.2. The molecule has 2 aromatic heterocycles. The SMILES string of the molecule is Cc1ccc(S(=O)(=O)n2cc(I)c3c(Oc4ccc(CNC(=O)OC(C)(C)C)cc4)ccnc32)cc1. The fourth-order valence-corrected chi connectivity index (χ4v) is 5.73. The van der Waals surface area contributed by atoms with Gasteiger partial charge in [0.25, 0.3) is 10.0 Å². The molecule has 1 amide bonds. The zero-order valence-corrected chi connectivity index (χ0v) is 23.3. The van der Waals surface area contributed by atoms with Crippen LogP contribution in [0.2, 0.25) is 0 Å². The smallest absolute Gasteiger partial charge is 0.407 e. The number of carbonyl (C=O) groups is 1. The minimum atomic E-state index is -3.83. The van der Waals surface area contributed by atoms with E-state index in [1.165, 1.54) is 10.2 Å². The number of halogens is 1. The van der Waals surface area contributed by atoms with E-state index >= 15 is 0 Å². The third-order valence-corrected chi connectivity index (χ3v) is 7.62. The van der Waals surface area contributed by atoms with E-state index in [-0.39, 0.29) is 10.5 Å². The van der Waals surface area contributed by atoms with Gasteiger partial charge in [-0.1, -0.05) is 29.8 Å². The summed E-state index contributed by atoms with van der Waals surface area (Å²) in [7, 11) is -3.83. The highest BCUT2D eigenvalue weighted by atomic mass is 127. The maximum Gasteiger partial charge on any atom is 0.407 e. The molecule has 0 saturated carbocycles. The van der Waals surface area contributed by atoms with Gasteiger partial charge in [-0.25, -0.2) is 22.2 Å². The van der Waals surface area contributed by atoms with Crippen LogP contribution in [0.3, 0.4) is 0 Å². The van der Waals surface area contributed by atoms with Crippen molar-refractivity contribution in [2.24, 2.45) is 0 Å². The number of benzene rings is 2. The van der Waals surface area contributed by atoms with Gasteiger partial charge in [-0.2, -0.15) is 0 Å². The molecule has 0 bridgehead atoms. The first-order valence-corrected chi connectivity index (χ1v) is 13.7. The fourth-order valence-electron chi connectivity index (χ4n) is 3.44. The topological polar surface area (TPSA) is 99.5 Å². The van der Waals surface area contributed by atoms with Crippen molar-refractivity contribution in [1.82, 2.24) is 14.3 Å². The zero-order valence-electron chi connectivity index (χ0n) is 20.3. The number of amides is 1. The van der Waals surface area contributed by atoms with E-state index in [1.54, 1.807) is 48.7 Å². The Morgan fingerprint density at radius 3 is 2.36 bits per heavy atom. The van der Waals surface area contributed by atoms with Gasteiger partial charge in [-0.15, -0.1) is 0 Å². The zero-order chi connectivity index (χ0) is 26.1. The van der Waals surface area contributed by atoms with Crippen LogP contribution in [0.1, 0.15) is 31.9 Å². The predicted molar refractivity (Wildman–Crippen MR) is 146 cm³/mol. The van der Waals surface area contributed by atoms with E-state index in [4.69, 9.17) is 9.47 Å². The van der Waals surface area contributed by atoms with Gasteiger partial charge in [0.15, 0.2) is 5.65 Å². The number of carbonyl (C=O) groups excluding carboxylic acids is 1. The van der Waals surface area contributed by atoms with Crippen LogP contribution in [0.4, 0.5) is 4.79 Å². The number of aryl methyl sites for hydroxylation is 1. The van der Waals surface area contributed by atoms with Crippen molar-refractivity contribution >= 4 is 49.7 Å². The van der Waals surface area contributed by atoms with E-state index in [0.29, 0.717) is 27.0 Å². The third kappa shape index (κ3) is 5.81. The van der Waals surface area contributed by atoms with Gasteiger partial charge in [0.05, 0.1) is 10.3 Å². The highest BCUT2D eigenvalue weighted by molar-refractivity contribution is 14.1. The van der Waals surface area contributed by atoms with Crippen LogP contribution in [-0.4, -0.2) is 29.1 Å². The lowest BCUT2D eigenvalue weighted by Crippen LogP contribution is -2.32. The number of aromatic nitrogens is 2. The Morgan fingerprint density at radius 1 is 1.06 bits per heavy atom. The molecule has 188 valence electrons. The standard InChI is InChI=1S/C26H26IN3O5S/c1-17-5-11-20(12-6-17)36(32,33)30-16-21(27)23-22(13-14-28-24(23)30)34-19-9-7-18(8-10-19)15-29-25(31)35-26(2,3)4/h5-14,16H,15H2,1-4H3,(H,29,31). The van der Waals surface area contributed by atoms with E-state index < -0.39 is 21.7 Å².